The third kappa shape index (κ3) is 2.16. The fourth-order valence-electron chi connectivity index (χ4n) is 1.93. The molecule has 0 bridgehead atoms. The molecular formula is C10H13FN2O4. The summed E-state index contributed by atoms with van der Waals surface area (Å²) in [6.07, 6.45) is -0.207. The quantitative estimate of drug-likeness (QED) is 0.750. The number of aromatic nitrogens is 2. The zero-order valence-electron chi connectivity index (χ0n) is 9.22. The first-order valence-electron chi connectivity index (χ1n) is 5.37. The van der Waals surface area contributed by atoms with Crippen LogP contribution in [0.15, 0.2) is 15.8 Å². The molecule has 0 aliphatic carbocycles. The summed E-state index contributed by atoms with van der Waals surface area (Å²) < 4.78 is 19.4. The van der Waals surface area contributed by atoms with E-state index in [1.54, 1.807) is 0 Å². The number of nitrogens with one attached hydrogen (secondary N) is 1. The Kier molecular flexibility index (Phi) is 3.12. The summed E-state index contributed by atoms with van der Waals surface area (Å²) in [5, 5.41) is 9.63. The summed E-state index contributed by atoms with van der Waals surface area (Å²) in [6, 6.07) is 0. The maximum absolute atomic E-state index is 13.1. The maximum atomic E-state index is 13.1. The third-order valence-corrected chi connectivity index (χ3v) is 2.84. The fourth-order valence-corrected chi connectivity index (χ4v) is 1.93. The van der Waals surface area contributed by atoms with E-state index in [-0.39, 0.29) is 12.5 Å². The lowest BCUT2D eigenvalue weighted by molar-refractivity contribution is -0.0221. The van der Waals surface area contributed by atoms with Crippen molar-refractivity contribution in [2.45, 2.75) is 38.2 Å². The first-order chi connectivity index (χ1) is 8.02. The number of halogens is 1. The molecule has 3 atom stereocenters. The normalized spacial score (nSPS) is 28.5. The molecule has 94 valence electrons. The number of nitrogens with zero attached hydrogens (tertiary/aromatic N) is 1. The lowest BCUT2D eigenvalue weighted by Crippen LogP contribution is -2.33. The van der Waals surface area contributed by atoms with E-state index >= 15 is 0 Å². The zero-order chi connectivity index (χ0) is 12.6. The van der Waals surface area contributed by atoms with Crippen LogP contribution in [0, 0.1) is 5.82 Å². The van der Waals surface area contributed by atoms with Gasteiger partial charge in [0.2, 0.25) is 5.82 Å². The average Bonchev–Trinajstić information content (AvgIpc) is 2.65. The fraction of sp³-hybridized carbons (Fsp3) is 0.600. The first kappa shape index (κ1) is 12.0. The van der Waals surface area contributed by atoms with Crippen LogP contribution in [0.25, 0.3) is 0 Å². The number of aromatic amines is 1. The molecule has 6 nitrogen and oxygen atoms in total. The summed E-state index contributed by atoms with van der Waals surface area (Å²) in [5.74, 6) is -1.05. The van der Waals surface area contributed by atoms with Crippen molar-refractivity contribution >= 4 is 0 Å². The molecular weight excluding hydrogens is 231 g/mol. The Hall–Kier alpha value is -1.47. The van der Waals surface area contributed by atoms with Gasteiger partial charge in [-0.3, -0.25) is 14.3 Å². The van der Waals surface area contributed by atoms with E-state index in [1.165, 1.54) is 0 Å². The van der Waals surface area contributed by atoms with Gasteiger partial charge >= 0.3 is 5.69 Å². The Morgan fingerprint density at radius 1 is 1.65 bits per heavy atom. The summed E-state index contributed by atoms with van der Waals surface area (Å²) >= 11 is 0. The summed E-state index contributed by atoms with van der Waals surface area (Å²) in [7, 11) is 0. The molecule has 2 rings (SSSR count). The summed E-state index contributed by atoms with van der Waals surface area (Å²) in [5.41, 5.74) is -1.80. The van der Waals surface area contributed by atoms with Gasteiger partial charge in [-0.25, -0.2) is 4.79 Å². The Labute approximate surface area is 95.7 Å². The third-order valence-electron chi connectivity index (χ3n) is 2.84. The van der Waals surface area contributed by atoms with Gasteiger partial charge in [0.1, 0.15) is 6.23 Å². The molecule has 2 heterocycles. The molecule has 1 aliphatic heterocycles. The highest BCUT2D eigenvalue weighted by atomic mass is 19.1. The van der Waals surface area contributed by atoms with Crippen LogP contribution in [0.3, 0.4) is 0 Å². The van der Waals surface area contributed by atoms with Gasteiger partial charge in [-0.2, -0.15) is 4.39 Å². The second-order valence-electron chi connectivity index (χ2n) is 3.98. The van der Waals surface area contributed by atoms with E-state index in [9.17, 15) is 19.1 Å². The molecule has 1 saturated heterocycles. The molecule has 7 heteroatoms. The Morgan fingerprint density at radius 2 is 2.35 bits per heavy atom. The minimum atomic E-state index is -1.06. The predicted molar refractivity (Wildman–Crippen MR) is 56.1 cm³/mol. The second kappa shape index (κ2) is 4.42. The van der Waals surface area contributed by atoms with Crippen molar-refractivity contribution in [1.29, 1.82) is 0 Å². The molecule has 0 amide bonds. The molecule has 0 unspecified atom stereocenters. The number of rotatable bonds is 2. The molecule has 1 aromatic heterocycles. The SMILES string of the molecule is CC[C@H]1O[C@@H](n2cc(F)c(=O)[nH]c2=O)C[C@@H]1O. The smallest absolute Gasteiger partial charge is 0.330 e. The van der Waals surface area contributed by atoms with Gasteiger partial charge in [0, 0.05) is 6.42 Å². The highest BCUT2D eigenvalue weighted by Crippen LogP contribution is 2.28. The Morgan fingerprint density at radius 3 is 2.94 bits per heavy atom. The highest BCUT2D eigenvalue weighted by Gasteiger charge is 2.34. The van der Waals surface area contributed by atoms with Crippen LogP contribution in [-0.4, -0.2) is 26.9 Å². The topological polar surface area (TPSA) is 84.3 Å². The average molecular weight is 244 g/mol. The van der Waals surface area contributed by atoms with E-state index in [2.05, 4.69) is 0 Å². The molecule has 1 fully saturated rings. The number of H-pyrrole nitrogens is 1. The standard InChI is InChI=1S/C10H13FN2O4/c1-2-7-6(14)3-8(17-7)13-4-5(11)9(15)12-10(13)16/h4,6-8,14H,2-3H2,1H3,(H,12,15,16)/t6-,7+,8+/m0/s1. The minimum absolute atomic E-state index is 0.198. The molecule has 0 spiro atoms. The van der Waals surface area contributed by atoms with Crippen LogP contribution in [0.4, 0.5) is 4.39 Å². The van der Waals surface area contributed by atoms with Gasteiger partial charge < -0.3 is 9.84 Å². The lowest BCUT2D eigenvalue weighted by Gasteiger charge is -2.14. The van der Waals surface area contributed by atoms with Crippen LogP contribution in [0.5, 0.6) is 0 Å². The molecule has 0 aromatic carbocycles. The highest BCUT2D eigenvalue weighted by molar-refractivity contribution is 4.90. The van der Waals surface area contributed by atoms with Crippen molar-refractivity contribution < 1.29 is 14.2 Å². The van der Waals surface area contributed by atoms with Crippen molar-refractivity contribution in [3.05, 3.63) is 32.9 Å². The van der Waals surface area contributed by atoms with Crippen LogP contribution in [-0.2, 0) is 4.74 Å². The van der Waals surface area contributed by atoms with Gasteiger partial charge in [0.05, 0.1) is 18.4 Å². The van der Waals surface area contributed by atoms with Crippen LogP contribution in [0.2, 0.25) is 0 Å². The lowest BCUT2D eigenvalue weighted by atomic mass is 10.1. The summed E-state index contributed by atoms with van der Waals surface area (Å²) in [4.78, 5) is 24.2. The molecule has 1 aromatic rings. The number of aliphatic hydroxyl groups excluding tert-OH is 1. The van der Waals surface area contributed by atoms with Crippen molar-refractivity contribution in [2.75, 3.05) is 0 Å². The van der Waals surface area contributed by atoms with Crippen molar-refractivity contribution in [1.82, 2.24) is 9.55 Å². The van der Waals surface area contributed by atoms with E-state index in [0.29, 0.717) is 6.42 Å². The van der Waals surface area contributed by atoms with Gasteiger partial charge in [-0.15, -0.1) is 0 Å². The maximum Gasteiger partial charge on any atom is 0.330 e. The van der Waals surface area contributed by atoms with E-state index in [0.717, 1.165) is 10.8 Å². The van der Waals surface area contributed by atoms with Crippen LogP contribution < -0.4 is 11.2 Å². The molecule has 17 heavy (non-hydrogen) atoms. The summed E-state index contributed by atoms with van der Waals surface area (Å²) in [6.45, 7) is 1.84. The van der Waals surface area contributed by atoms with Gasteiger partial charge in [-0.1, -0.05) is 6.92 Å². The van der Waals surface area contributed by atoms with Crippen molar-refractivity contribution in [3.63, 3.8) is 0 Å². The number of hydrogen-bond donors (Lipinski definition) is 2. The van der Waals surface area contributed by atoms with Gasteiger partial charge in [0.25, 0.3) is 5.56 Å². The number of ether oxygens (including phenoxy) is 1. The second-order valence-corrected chi connectivity index (χ2v) is 3.98. The number of hydrogen-bond acceptors (Lipinski definition) is 4. The molecule has 0 saturated carbocycles. The van der Waals surface area contributed by atoms with Crippen LogP contribution >= 0.6 is 0 Å². The minimum Gasteiger partial charge on any atom is -0.390 e. The number of aliphatic hydroxyl groups is 1. The monoisotopic (exact) mass is 244 g/mol. The zero-order valence-corrected chi connectivity index (χ0v) is 9.22. The molecule has 0 radical (unpaired) electrons. The Balaban J connectivity index is 2.34. The van der Waals surface area contributed by atoms with Crippen molar-refractivity contribution in [2.24, 2.45) is 0 Å². The van der Waals surface area contributed by atoms with Crippen LogP contribution in [0.1, 0.15) is 26.0 Å². The van der Waals surface area contributed by atoms with E-state index in [1.807, 2.05) is 11.9 Å². The molecule has 2 N–H and O–H groups in total. The van der Waals surface area contributed by atoms with E-state index < -0.39 is 29.4 Å². The van der Waals surface area contributed by atoms with Crippen molar-refractivity contribution in [3.8, 4) is 0 Å². The van der Waals surface area contributed by atoms with Gasteiger partial charge in [-0.05, 0) is 6.42 Å². The van der Waals surface area contributed by atoms with Gasteiger partial charge in [0.15, 0.2) is 0 Å². The van der Waals surface area contributed by atoms with E-state index in [4.69, 9.17) is 4.74 Å². The largest absolute Gasteiger partial charge is 0.390 e. The molecule has 1 aliphatic rings. The Bertz CT molecular complexity index is 524. The predicted octanol–water partition coefficient (Wildman–Crippen LogP) is -0.266. The first-order valence-corrected chi connectivity index (χ1v) is 5.37.